The molecule has 2 rings (SSSR count). The molecule has 0 radical (unpaired) electrons. The van der Waals surface area contributed by atoms with Gasteiger partial charge in [-0.1, -0.05) is 19.9 Å². The number of pyridine rings is 1. The summed E-state index contributed by atoms with van der Waals surface area (Å²) in [6.07, 6.45) is 3.02. The van der Waals surface area contributed by atoms with Crippen molar-refractivity contribution in [1.82, 2.24) is 4.98 Å². The maximum absolute atomic E-state index is 4.35. The minimum Gasteiger partial charge on any atom is -0.367 e. The quantitative estimate of drug-likeness (QED) is 0.736. The van der Waals surface area contributed by atoms with E-state index in [1.807, 2.05) is 12.3 Å². The number of hydrogen-bond donors (Lipinski definition) is 1. The number of anilines is 1. The third-order valence-corrected chi connectivity index (χ3v) is 3.21. The van der Waals surface area contributed by atoms with Crippen molar-refractivity contribution in [2.75, 3.05) is 5.32 Å². The fourth-order valence-electron chi connectivity index (χ4n) is 2.30. The standard InChI is InChI=1S/C12H18N2/c1-8(2)11-7-10-5-4-6-13-12(10)14-9(11)3/h4-6,8-9,11H,7H2,1-3H3,(H,13,14). The SMILES string of the molecule is CC(C)C1Cc2cccnc2NC1C. The third kappa shape index (κ3) is 1.61. The van der Waals surface area contributed by atoms with Gasteiger partial charge in [0, 0.05) is 12.2 Å². The van der Waals surface area contributed by atoms with E-state index in [1.165, 1.54) is 5.56 Å². The molecule has 0 saturated heterocycles. The fourth-order valence-corrected chi connectivity index (χ4v) is 2.30. The molecule has 76 valence electrons. The fraction of sp³-hybridized carbons (Fsp3) is 0.583. The Labute approximate surface area is 85.7 Å². The second-order valence-electron chi connectivity index (χ2n) is 4.56. The molecule has 1 aromatic rings. The highest BCUT2D eigenvalue weighted by Crippen LogP contribution is 2.30. The summed E-state index contributed by atoms with van der Waals surface area (Å²) in [6.45, 7) is 6.84. The highest BCUT2D eigenvalue weighted by Gasteiger charge is 2.27. The van der Waals surface area contributed by atoms with E-state index in [0.29, 0.717) is 6.04 Å². The van der Waals surface area contributed by atoms with Crippen molar-refractivity contribution in [1.29, 1.82) is 0 Å². The van der Waals surface area contributed by atoms with Gasteiger partial charge in [-0.15, -0.1) is 0 Å². The number of nitrogens with one attached hydrogen (secondary N) is 1. The van der Waals surface area contributed by atoms with Crippen LogP contribution in [0.25, 0.3) is 0 Å². The molecule has 2 atom stereocenters. The van der Waals surface area contributed by atoms with Crippen molar-refractivity contribution in [3.05, 3.63) is 23.9 Å². The molecule has 0 amide bonds. The molecule has 2 heterocycles. The van der Waals surface area contributed by atoms with Crippen LogP contribution in [-0.2, 0) is 6.42 Å². The van der Waals surface area contributed by atoms with Crippen LogP contribution in [-0.4, -0.2) is 11.0 Å². The van der Waals surface area contributed by atoms with Crippen molar-refractivity contribution in [2.24, 2.45) is 11.8 Å². The van der Waals surface area contributed by atoms with Crippen LogP contribution in [0.4, 0.5) is 5.82 Å². The smallest absolute Gasteiger partial charge is 0.129 e. The van der Waals surface area contributed by atoms with Crippen LogP contribution in [0.15, 0.2) is 18.3 Å². The molecule has 1 aliphatic rings. The Morgan fingerprint density at radius 1 is 1.50 bits per heavy atom. The average molecular weight is 190 g/mol. The van der Waals surface area contributed by atoms with Crippen molar-refractivity contribution >= 4 is 5.82 Å². The van der Waals surface area contributed by atoms with Gasteiger partial charge in [-0.3, -0.25) is 0 Å². The van der Waals surface area contributed by atoms with Crippen LogP contribution in [0.5, 0.6) is 0 Å². The molecular weight excluding hydrogens is 172 g/mol. The van der Waals surface area contributed by atoms with Gasteiger partial charge in [0.1, 0.15) is 5.82 Å². The lowest BCUT2D eigenvalue weighted by Gasteiger charge is -2.34. The van der Waals surface area contributed by atoms with Crippen LogP contribution < -0.4 is 5.32 Å². The van der Waals surface area contributed by atoms with Crippen molar-refractivity contribution in [3.63, 3.8) is 0 Å². The molecule has 0 spiro atoms. The molecule has 1 aromatic heterocycles. The first-order chi connectivity index (χ1) is 6.68. The Kier molecular flexibility index (Phi) is 2.44. The maximum atomic E-state index is 4.35. The Hall–Kier alpha value is -1.05. The van der Waals surface area contributed by atoms with Gasteiger partial charge in [-0.2, -0.15) is 0 Å². The van der Waals surface area contributed by atoms with Crippen LogP contribution in [0.2, 0.25) is 0 Å². The lowest BCUT2D eigenvalue weighted by Crippen LogP contribution is -2.36. The zero-order chi connectivity index (χ0) is 10.1. The zero-order valence-electron chi connectivity index (χ0n) is 9.12. The average Bonchev–Trinajstić information content (AvgIpc) is 2.16. The minimum absolute atomic E-state index is 0.539. The summed E-state index contributed by atoms with van der Waals surface area (Å²) < 4.78 is 0. The van der Waals surface area contributed by atoms with Gasteiger partial charge >= 0.3 is 0 Å². The molecule has 2 unspecified atom stereocenters. The predicted molar refractivity (Wildman–Crippen MR) is 59.4 cm³/mol. The van der Waals surface area contributed by atoms with Crippen LogP contribution in [0, 0.1) is 11.8 Å². The largest absolute Gasteiger partial charge is 0.367 e. The molecule has 0 fully saturated rings. The number of aromatic nitrogens is 1. The van der Waals surface area contributed by atoms with Gasteiger partial charge in [-0.25, -0.2) is 4.98 Å². The van der Waals surface area contributed by atoms with Crippen molar-refractivity contribution in [3.8, 4) is 0 Å². The van der Waals surface area contributed by atoms with Gasteiger partial charge in [0.25, 0.3) is 0 Å². The predicted octanol–water partition coefficient (Wildman–Crippen LogP) is 2.71. The van der Waals surface area contributed by atoms with Gasteiger partial charge in [-0.05, 0) is 36.8 Å². The molecule has 1 aliphatic heterocycles. The summed E-state index contributed by atoms with van der Waals surface area (Å²) in [5.41, 5.74) is 1.37. The Balaban J connectivity index is 2.27. The topological polar surface area (TPSA) is 24.9 Å². The van der Waals surface area contributed by atoms with Crippen LogP contribution >= 0.6 is 0 Å². The normalized spacial score (nSPS) is 25.7. The Morgan fingerprint density at radius 3 is 3.00 bits per heavy atom. The second kappa shape index (κ2) is 3.60. The molecule has 0 saturated carbocycles. The zero-order valence-corrected chi connectivity index (χ0v) is 9.12. The van der Waals surface area contributed by atoms with Crippen molar-refractivity contribution in [2.45, 2.75) is 33.2 Å². The van der Waals surface area contributed by atoms with Crippen LogP contribution in [0.3, 0.4) is 0 Å². The summed E-state index contributed by atoms with van der Waals surface area (Å²) in [4.78, 5) is 4.35. The molecule has 0 aliphatic carbocycles. The van der Waals surface area contributed by atoms with E-state index in [0.717, 1.165) is 24.1 Å². The van der Waals surface area contributed by atoms with E-state index in [-0.39, 0.29) is 0 Å². The molecule has 14 heavy (non-hydrogen) atoms. The third-order valence-electron chi connectivity index (χ3n) is 3.21. The van der Waals surface area contributed by atoms with E-state index >= 15 is 0 Å². The number of fused-ring (bicyclic) bond motifs is 1. The summed E-state index contributed by atoms with van der Waals surface area (Å²) in [7, 11) is 0. The molecule has 2 heteroatoms. The van der Waals surface area contributed by atoms with E-state index < -0.39 is 0 Å². The van der Waals surface area contributed by atoms with Crippen molar-refractivity contribution < 1.29 is 0 Å². The summed E-state index contributed by atoms with van der Waals surface area (Å²) in [5, 5.41) is 3.48. The highest BCUT2D eigenvalue weighted by molar-refractivity contribution is 5.47. The van der Waals surface area contributed by atoms with Gasteiger partial charge < -0.3 is 5.32 Å². The number of hydrogen-bond acceptors (Lipinski definition) is 2. The van der Waals surface area contributed by atoms with E-state index in [2.05, 4.69) is 37.1 Å². The maximum Gasteiger partial charge on any atom is 0.129 e. The minimum atomic E-state index is 0.539. The Morgan fingerprint density at radius 2 is 2.29 bits per heavy atom. The monoisotopic (exact) mass is 190 g/mol. The summed E-state index contributed by atoms with van der Waals surface area (Å²) >= 11 is 0. The first-order valence-corrected chi connectivity index (χ1v) is 5.39. The molecule has 2 nitrogen and oxygen atoms in total. The first kappa shape index (κ1) is 9.50. The lowest BCUT2D eigenvalue weighted by molar-refractivity contribution is 0.334. The van der Waals surface area contributed by atoms with Gasteiger partial charge in [0.15, 0.2) is 0 Å². The highest BCUT2D eigenvalue weighted by atomic mass is 15.0. The van der Waals surface area contributed by atoms with E-state index in [9.17, 15) is 0 Å². The summed E-state index contributed by atoms with van der Waals surface area (Å²) in [6, 6.07) is 4.74. The van der Waals surface area contributed by atoms with Gasteiger partial charge in [0.2, 0.25) is 0 Å². The lowest BCUT2D eigenvalue weighted by atomic mass is 9.82. The molecule has 0 aromatic carbocycles. The van der Waals surface area contributed by atoms with E-state index in [4.69, 9.17) is 0 Å². The van der Waals surface area contributed by atoms with Gasteiger partial charge in [0.05, 0.1) is 0 Å². The van der Waals surface area contributed by atoms with E-state index in [1.54, 1.807) is 0 Å². The second-order valence-corrected chi connectivity index (χ2v) is 4.56. The molecule has 0 bridgehead atoms. The molecular formula is C12H18N2. The summed E-state index contributed by atoms with van der Waals surface area (Å²) in [5.74, 6) is 2.54. The van der Waals surface area contributed by atoms with Crippen LogP contribution in [0.1, 0.15) is 26.3 Å². The Bertz CT molecular complexity index is 320. The number of nitrogens with zero attached hydrogens (tertiary/aromatic N) is 1. The first-order valence-electron chi connectivity index (χ1n) is 5.39. The number of rotatable bonds is 1. The molecule has 1 N–H and O–H groups in total.